The monoisotopic (exact) mass is 213 g/mol. The van der Waals surface area contributed by atoms with Crippen molar-refractivity contribution in [3.05, 3.63) is 0 Å². The quantitative estimate of drug-likeness (QED) is 0.702. The van der Waals surface area contributed by atoms with Crippen LogP contribution in [0.1, 0.15) is 33.6 Å². The fourth-order valence-electron chi connectivity index (χ4n) is 2.49. The van der Waals surface area contributed by atoms with Crippen LogP contribution in [0.25, 0.3) is 0 Å². The Bertz CT molecular complexity index is 267. The Morgan fingerprint density at radius 2 is 2.33 bits per heavy atom. The molecule has 1 amide bonds. The first-order valence-electron chi connectivity index (χ1n) is 5.61. The smallest absolute Gasteiger partial charge is 0.410 e. The predicted molar refractivity (Wildman–Crippen MR) is 55.7 cm³/mol. The van der Waals surface area contributed by atoms with Crippen molar-refractivity contribution in [3.8, 4) is 0 Å². The van der Waals surface area contributed by atoms with Crippen LogP contribution >= 0.6 is 0 Å². The first-order valence-corrected chi connectivity index (χ1v) is 5.61. The summed E-state index contributed by atoms with van der Waals surface area (Å²) in [7, 11) is 0. The number of ether oxygens (including phenoxy) is 2. The molecule has 2 saturated heterocycles. The van der Waals surface area contributed by atoms with Gasteiger partial charge >= 0.3 is 6.09 Å². The van der Waals surface area contributed by atoms with E-state index >= 15 is 0 Å². The van der Waals surface area contributed by atoms with E-state index in [0.29, 0.717) is 6.61 Å². The molecule has 4 heteroatoms. The molecule has 0 spiro atoms. The summed E-state index contributed by atoms with van der Waals surface area (Å²) in [5.74, 6) is 0. The van der Waals surface area contributed by atoms with Gasteiger partial charge in [-0.05, 0) is 27.2 Å². The van der Waals surface area contributed by atoms with Crippen molar-refractivity contribution in [2.45, 2.75) is 51.4 Å². The van der Waals surface area contributed by atoms with E-state index in [1.807, 2.05) is 18.7 Å². The van der Waals surface area contributed by atoms with Crippen LogP contribution in [0.4, 0.5) is 4.79 Å². The molecular formula is C11H19NO3. The zero-order chi connectivity index (χ0) is 11.1. The molecule has 2 fully saturated rings. The van der Waals surface area contributed by atoms with Gasteiger partial charge in [-0.3, -0.25) is 4.90 Å². The van der Waals surface area contributed by atoms with Gasteiger partial charge in [-0.1, -0.05) is 0 Å². The van der Waals surface area contributed by atoms with E-state index in [1.165, 1.54) is 0 Å². The molecule has 0 aromatic rings. The Hall–Kier alpha value is -0.770. The minimum Gasteiger partial charge on any atom is -0.447 e. The van der Waals surface area contributed by atoms with Crippen LogP contribution in [0.15, 0.2) is 0 Å². The number of cyclic esters (lactones) is 1. The van der Waals surface area contributed by atoms with Crippen LogP contribution < -0.4 is 0 Å². The Morgan fingerprint density at radius 1 is 1.60 bits per heavy atom. The van der Waals surface area contributed by atoms with Gasteiger partial charge in [-0.15, -0.1) is 0 Å². The minimum absolute atomic E-state index is 0.144. The summed E-state index contributed by atoms with van der Waals surface area (Å²) in [5.41, 5.74) is -0.144. The highest BCUT2D eigenvalue weighted by Crippen LogP contribution is 2.34. The third-order valence-corrected chi connectivity index (χ3v) is 3.19. The van der Waals surface area contributed by atoms with Gasteiger partial charge in [0.1, 0.15) is 6.61 Å². The summed E-state index contributed by atoms with van der Waals surface area (Å²) in [6, 6.07) is 0. The van der Waals surface area contributed by atoms with Gasteiger partial charge in [-0.25, -0.2) is 4.79 Å². The zero-order valence-corrected chi connectivity index (χ0v) is 9.66. The number of fused-ring (bicyclic) bond motifs is 1. The maximum Gasteiger partial charge on any atom is 0.410 e. The fourth-order valence-corrected chi connectivity index (χ4v) is 2.49. The lowest BCUT2D eigenvalue weighted by Gasteiger charge is -2.40. The first-order chi connectivity index (χ1) is 7.01. The number of piperidine rings is 1. The van der Waals surface area contributed by atoms with Crippen molar-refractivity contribution in [2.75, 3.05) is 13.2 Å². The van der Waals surface area contributed by atoms with E-state index in [9.17, 15) is 4.79 Å². The molecule has 4 nitrogen and oxygen atoms in total. The number of rotatable bonds is 2. The second-order valence-electron chi connectivity index (χ2n) is 5.00. The summed E-state index contributed by atoms with van der Waals surface area (Å²) in [4.78, 5) is 13.2. The van der Waals surface area contributed by atoms with Crippen LogP contribution in [0.3, 0.4) is 0 Å². The molecule has 0 aromatic carbocycles. The number of nitrogens with zero attached hydrogens (tertiary/aromatic N) is 1. The van der Waals surface area contributed by atoms with E-state index in [2.05, 4.69) is 6.92 Å². The minimum atomic E-state index is -0.166. The van der Waals surface area contributed by atoms with E-state index in [1.54, 1.807) is 0 Å². The summed E-state index contributed by atoms with van der Waals surface area (Å²) in [6.07, 6.45) is 2.16. The van der Waals surface area contributed by atoms with Crippen molar-refractivity contribution in [1.82, 2.24) is 4.90 Å². The number of amides is 1. The van der Waals surface area contributed by atoms with E-state index < -0.39 is 0 Å². The largest absolute Gasteiger partial charge is 0.447 e. The zero-order valence-electron chi connectivity index (χ0n) is 9.66. The second kappa shape index (κ2) is 3.67. The van der Waals surface area contributed by atoms with Gasteiger partial charge in [0, 0.05) is 13.0 Å². The van der Waals surface area contributed by atoms with Gasteiger partial charge < -0.3 is 9.47 Å². The SMILES string of the molecule is CC(C)O[C@H]1CCN2C(=O)OC[C@]2(C)C1. The normalized spacial score (nSPS) is 35.6. The van der Waals surface area contributed by atoms with E-state index in [-0.39, 0.29) is 23.8 Å². The topological polar surface area (TPSA) is 38.8 Å². The lowest BCUT2D eigenvalue weighted by molar-refractivity contribution is -0.0498. The molecule has 0 N–H and O–H groups in total. The molecule has 2 atom stereocenters. The van der Waals surface area contributed by atoms with Gasteiger partial charge in [0.15, 0.2) is 0 Å². The number of hydrogen-bond acceptors (Lipinski definition) is 3. The average Bonchev–Trinajstić information content (AvgIpc) is 2.41. The highest BCUT2D eigenvalue weighted by Gasteiger charge is 2.48. The van der Waals surface area contributed by atoms with Crippen LogP contribution in [-0.2, 0) is 9.47 Å². The van der Waals surface area contributed by atoms with Crippen LogP contribution in [0.5, 0.6) is 0 Å². The van der Waals surface area contributed by atoms with Crippen molar-refractivity contribution in [3.63, 3.8) is 0 Å². The number of carbonyl (C=O) groups is 1. The molecule has 0 aromatic heterocycles. The maximum absolute atomic E-state index is 11.4. The molecule has 0 saturated carbocycles. The van der Waals surface area contributed by atoms with Crippen molar-refractivity contribution < 1.29 is 14.3 Å². The van der Waals surface area contributed by atoms with E-state index in [4.69, 9.17) is 9.47 Å². The van der Waals surface area contributed by atoms with Crippen molar-refractivity contribution in [2.24, 2.45) is 0 Å². The Morgan fingerprint density at radius 3 is 3.00 bits per heavy atom. The van der Waals surface area contributed by atoms with Crippen LogP contribution in [0.2, 0.25) is 0 Å². The summed E-state index contributed by atoms with van der Waals surface area (Å²) >= 11 is 0. The summed E-state index contributed by atoms with van der Waals surface area (Å²) in [6.45, 7) is 7.43. The Labute approximate surface area is 90.5 Å². The fraction of sp³-hybridized carbons (Fsp3) is 0.909. The summed E-state index contributed by atoms with van der Waals surface area (Å²) < 4.78 is 10.9. The van der Waals surface area contributed by atoms with Gasteiger partial charge in [0.25, 0.3) is 0 Å². The molecule has 2 heterocycles. The highest BCUT2D eigenvalue weighted by atomic mass is 16.6. The maximum atomic E-state index is 11.4. The molecule has 0 unspecified atom stereocenters. The van der Waals surface area contributed by atoms with Crippen LogP contribution in [0, 0.1) is 0 Å². The molecular weight excluding hydrogens is 194 g/mol. The standard InChI is InChI=1S/C11H19NO3/c1-8(2)15-9-4-5-12-10(13)14-7-11(12,3)6-9/h8-9H,4-7H2,1-3H3/t9-,11-/m0/s1. The van der Waals surface area contributed by atoms with Crippen molar-refractivity contribution >= 4 is 6.09 Å². The Balaban J connectivity index is 2.01. The lowest BCUT2D eigenvalue weighted by atomic mass is 9.88. The van der Waals surface area contributed by atoms with Gasteiger partial charge in [0.05, 0.1) is 17.7 Å². The molecule has 0 bridgehead atoms. The van der Waals surface area contributed by atoms with Crippen LogP contribution in [-0.4, -0.2) is 41.9 Å². The molecule has 2 aliphatic heterocycles. The summed E-state index contributed by atoms with van der Waals surface area (Å²) in [5, 5.41) is 0. The third-order valence-electron chi connectivity index (χ3n) is 3.19. The van der Waals surface area contributed by atoms with Crippen molar-refractivity contribution in [1.29, 1.82) is 0 Å². The number of carbonyl (C=O) groups excluding carboxylic acids is 1. The molecule has 86 valence electrons. The molecule has 2 aliphatic rings. The van der Waals surface area contributed by atoms with E-state index in [0.717, 1.165) is 19.4 Å². The average molecular weight is 213 g/mol. The molecule has 15 heavy (non-hydrogen) atoms. The van der Waals surface area contributed by atoms with Gasteiger partial charge in [-0.2, -0.15) is 0 Å². The number of hydrogen-bond donors (Lipinski definition) is 0. The van der Waals surface area contributed by atoms with Gasteiger partial charge in [0.2, 0.25) is 0 Å². The lowest BCUT2D eigenvalue weighted by Crippen LogP contribution is -2.52. The second-order valence-corrected chi connectivity index (χ2v) is 5.00. The third kappa shape index (κ3) is 1.95. The molecule has 0 radical (unpaired) electrons. The molecule has 0 aliphatic carbocycles. The first kappa shape index (κ1) is 10.7. The predicted octanol–water partition coefficient (Wildman–Crippen LogP) is 1.78. The Kier molecular flexibility index (Phi) is 2.63. The molecule has 2 rings (SSSR count). The highest BCUT2D eigenvalue weighted by molar-refractivity contribution is 5.71.